The fourth-order valence-corrected chi connectivity index (χ4v) is 3.49. The monoisotopic (exact) mass is 239 g/mol. The van der Waals surface area contributed by atoms with E-state index >= 15 is 0 Å². The molecule has 1 aliphatic heterocycles. The first kappa shape index (κ1) is 13.4. The molecule has 0 aromatic rings. The molecular weight excluding hydrogens is 210 g/mol. The van der Waals surface area contributed by atoms with Gasteiger partial charge in [0.25, 0.3) is 0 Å². The molecular formula is C15H29NO. The Hall–Kier alpha value is -0.0800. The van der Waals surface area contributed by atoms with E-state index in [-0.39, 0.29) is 6.10 Å². The highest BCUT2D eigenvalue weighted by Gasteiger charge is 2.25. The Bertz CT molecular complexity index is 213. The SMILES string of the molecule is CC1CCC(CN2CCC(C(C)O)CC2)CC1. The molecule has 1 saturated carbocycles. The van der Waals surface area contributed by atoms with Crippen molar-refractivity contribution >= 4 is 0 Å². The van der Waals surface area contributed by atoms with Crippen molar-refractivity contribution in [3.63, 3.8) is 0 Å². The minimum absolute atomic E-state index is 0.104. The van der Waals surface area contributed by atoms with Crippen molar-refractivity contribution in [1.82, 2.24) is 4.90 Å². The predicted molar refractivity (Wildman–Crippen MR) is 72.0 cm³/mol. The third-order valence-electron chi connectivity index (χ3n) is 4.97. The van der Waals surface area contributed by atoms with Gasteiger partial charge in [-0.25, -0.2) is 0 Å². The van der Waals surface area contributed by atoms with Crippen molar-refractivity contribution in [1.29, 1.82) is 0 Å². The van der Waals surface area contributed by atoms with Gasteiger partial charge in [0, 0.05) is 6.54 Å². The summed E-state index contributed by atoms with van der Waals surface area (Å²) >= 11 is 0. The fourth-order valence-electron chi connectivity index (χ4n) is 3.49. The fraction of sp³-hybridized carbons (Fsp3) is 1.00. The van der Waals surface area contributed by atoms with Gasteiger partial charge < -0.3 is 10.0 Å². The molecule has 0 spiro atoms. The van der Waals surface area contributed by atoms with E-state index in [2.05, 4.69) is 11.8 Å². The molecule has 17 heavy (non-hydrogen) atoms. The summed E-state index contributed by atoms with van der Waals surface area (Å²) in [6.45, 7) is 8.08. The molecule has 1 heterocycles. The van der Waals surface area contributed by atoms with Crippen LogP contribution in [-0.4, -0.2) is 35.7 Å². The van der Waals surface area contributed by atoms with Gasteiger partial charge in [0.15, 0.2) is 0 Å². The van der Waals surface area contributed by atoms with Gasteiger partial charge in [0.05, 0.1) is 6.10 Å². The van der Waals surface area contributed by atoms with Crippen molar-refractivity contribution in [2.75, 3.05) is 19.6 Å². The molecule has 0 amide bonds. The Morgan fingerprint density at radius 3 is 2.18 bits per heavy atom. The second-order valence-corrected chi connectivity index (χ2v) is 6.50. The normalized spacial score (nSPS) is 34.8. The number of piperidine rings is 1. The van der Waals surface area contributed by atoms with Crippen LogP contribution < -0.4 is 0 Å². The molecule has 100 valence electrons. The standard InChI is InChI=1S/C15H29NO/c1-12-3-5-14(6-4-12)11-16-9-7-15(8-10-16)13(2)17/h12-15,17H,3-11H2,1-2H3. The van der Waals surface area contributed by atoms with Gasteiger partial charge in [-0.2, -0.15) is 0 Å². The number of likely N-dealkylation sites (tertiary alicyclic amines) is 1. The number of hydrogen-bond acceptors (Lipinski definition) is 2. The van der Waals surface area contributed by atoms with Crippen LogP contribution in [0.5, 0.6) is 0 Å². The van der Waals surface area contributed by atoms with Crippen molar-refractivity contribution in [2.24, 2.45) is 17.8 Å². The van der Waals surface area contributed by atoms with E-state index in [1.54, 1.807) is 0 Å². The first-order valence-electron chi connectivity index (χ1n) is 7.55. The summed E-state index contributed by atoms with van der Waals surface area (Å²) in [5.74, 6) is 2.47. The Labute approximate surface area is 106 Å². The lowest BCUT2D eigenvalue weighted by molar-refractivity contribution is 0.0625. The van der Waals surface area contributed by atoms with E-state index < -0.39 is 0 Å². The molecule has 0 aromatic carbocycles. The molecule has 1 atom stereocenters. The van der Waals surface area contributed by atoms with Crippen LogP contribution in [0.25, 0.3) is 0 Å². The van der Waals surface area contributed by atoms with E-state index in [1.807, 2.05) is 6.92 Å². The molecule has 1 N–H and O–H groups in total. The molecule has 2 rings (SSSR count). The van der Waals surface area contributed by atoms with Crippen LogP contribution in [0.4, 0.5) is 0 Å². The smallest absolute Gasteiger partial charge is 0.0541 e. The molecule has 0 bridgehead atoms. The average molecular weight is 239 g/mol. The molecule has 2 heteroatoms. The topological polar surface area (TPSA) is 23.5 Å². The predicted octanol–water partition coefficient (Wildman–Crippen LogP) is 2.91. The molecule has 1 saturated heterocycles. The number of aliphatic hydroxyl groups excluding tert-OH is 1. The van der Waals surface area contributed by atoms with Gasteiger partial charge in [-0.15, -0.1) is 0 Å². The molecule has 2 fully saturated rings. The first-order valence-corrected chi connectivity index (χ1v) is 7.55. The summed E-state index contributed by atoms with van der Waals surface area (Å²) in [5.41, 5.74) is 0. The van der Waals surface area contributed by atoms with Crippen LogP contribution in [0.1, 0.15) is 52.4 Å². The Morgan fingerprint density at radius 2 is 1.65 bits per heavy atom. The number of aliphatic hydroxyl groups is 1. The van der Waals surface area contributed by atoms with Gasteiger partial charge in [0.2, 0.25) is 0 Å². The number of hydrogen-bond donors (Lipinski definition) is 1. The summed E-state index contributed by atoms with van der Waals surface area (Å²) in [4.78, 5) is 2.64. The van der Waals surface area contributed by atoms with E-state index in [4.69, 9.17) is 0 Å². The molecule has 0 radical (unpaired) electrons. The summed E-state index contributed by atoms with van der Waals surface area (Å²) < 4.78 is 0. The second-order valence-electron chi connectivity index (χ2n) is 6.50. The van der Waals surface area contributed by atoms with Gasteiger partial charge in [-0.3, -0.25) is 0 Å². The number of rotatable bonds is 3. The summed E-state index contributed by atoms with van der Waals surface area (Å²) in [5, 5.41) is 9.60. The second kappa shape index (κ2) is 6.19. The maximum atomic E-state index is 9.60. The molecule has 0 aromatic heterocycles. The zero-order chi connectivity index (χ0) is 12.3. The van der Waals surface area contributed by atoms with Crippen molar-refractivity contribution < 1.29 is 5.11 Å². The van der Waals surface area contributed by atoms with Crippen LogP contribution in [0.2, 0.25) is 0 Å². The summed E-state index contributed by atoms with van der Waals surface area (Å²) in [7, 11) is 0. The van der Waals surface area contributed by atoms with Gasteiger partial charge in [-0.1, -0.05) is 19.8 Å². The Balaban J connectivity index is 1.67. The lowest BCUT2D eigenvalue weighted by atomic mass is 9.82. The van der Waals surface area contributed by atoms with Crippen LogP contribution >= 0.6 is 0 Å². The molecule has 2 aliphatic rings. The lowest BCUT2D eigenvalue weighted by Crippen LogP contribution is -2.40. The summed E-state index contributed by atoms with van der Waals surface area (Å²) in [6.07, 6.45) is 8.05. The van der Waals surface area contributed by atoms with Crippen LogP contribution in [0.15, 0.2) is 0 Å². The van der Waals surface area contributed by atoms with E-state index in [1.165, 1.54) is 58.2 Å². The minimum atomic E-state index is -0.104. The first-order chi connectivity index (χ1) is 8.15. The van der Waals surface area contributed by atoms with Gasteiger partial charge in [-0.05, 0) is 63.5 Å². The zero-order valence-electron chi connectivity index (χ0n) is 11.6. The van der Waals surface area contributed by atoms with E-state index in [0.717, 1.165) is 11.8 Å². The van der Waals surface area contributed by atoms with E-state index in [0.29, 0.717) is 5.92 Å². The van der Waals surface area contributed by atoms with Gasteiger partial charge >= 0.3 is 0 Å². The average Bonchev–Trinajstić information content (AvgIpc) is 2.33. The third kappa shape index (κ3) is 3.96. The van der Waals surface area contributed by atoms with Crippen LogP contribution in [0, 0.1) is 17.8 Å². The van der Waals surface area contributed by atoms with Gasteiger partial charge in [0.1, 0.15) is 0 Å². The molecule has 1 aliphatic carbocycles. The minimum Gasteiger partial charge on any atom is -0.393 e. The van der Waals surface area contributed by atoms with Crippen molar-refractivity contribution in [3.05, 3.63) is 0 Å². The maximum Gasteiger partial charge on any atom is 0.0541 e. The zero-order valence-corrected chi connectivity index (χ0v) is 11.6. The van der Waals surface area contributed by atoms with Crippen molar-refractivity contribution in [2.45, 2.75) is 58.5 Å². The lowest BCUT2D eigenvalue weighted by Gasteiger charge is -2.37. The quantitative estimate of drug-likeness (QED) is 0.818. The van der Waals surface area contributed by atoms with Crippen LogP contribution in [-0.2, 0) is 0 Å². The molecule has 2 nitrogen and oxygen atoms in total. The Kier molecular flexibility index (Phi) is 4.87. The highest BCUT2D eigenvalue weighted by Crippen LogP contribution is 2.30. The highest BCUT2D eigenvalue weighted by atomic mass is 16.3. The maximum absolute atomic E-state index is 9.60. The van der Waals surface area contributed by atoms with Crippen molar-refractivity contribution in [3.8, 4) is 0 Å². The highest BCUT2D eigenvalue weighted by molar-refractivity contribution is 4.79. The number of nitrogens with zero attached hydrogens (tertiary/aromatic N) is 1. The third-order valence-corrected chi connectivity index (χ3v) is 4.97. The summed E-state index contributed by atoms with van der Waals surface area (Å²) in [6, 6.07) is 0. The van der Waals surface area contributed by atoms with Crippen LogP contribution in [0.3, 0.4) is 0 Å². The largest absolute Gasteiger partial charge is 0.393 e. The molecule has 1 unspecified atom stereocenters. The Morgan fingerprint density at radius 1 is 1.06 bits per heavy atom. The van der Waals surface area contributed by atoms with E-state index in [9.17, 15) is 5.11 Å².